The number of nitrogens with zero attached hydrogens (tertiary/aromatic N) is 1. The van der Waals surface area contributed by atoms with Crippen LogP contribution in [0.4, 0.5) is 5.69 Å². The van der Waals surface area contributed by atoms with Gasteiger partial charge in [0, 0.05) is 5.69 Å². The smallest absolute Gasteiger partial charge is 0.229 e. The highest BCUT2D eigenvalue weighted by Gasteiger charge is 2.28. The number of anilines is 1. The van der Waals surface area contributed by atoms with Crippen molar-refractivity contribution in [1.82, 2.24) is 0 Å². The average Bonchev–Trinajstić information content (AvgIpc) is 2.85. The second kappa shape index (κ2) is 6.21. The fourth-order valence-corrected chi connectivity index (χ4v) is 1.99. The molecule has 1 aromatic carbocycles. The molecular weight excluding hydrogens is 244 g/mol. The predicted molar refractivity (Wildman–Crippen MR) is 69.7 cm³/mol. The first-order valence-corrected chi connectivity index (χ1v) is 6.21. The lowest BCUT2D eigenvalue weighted by molar-refractivity contribution is -0.119. The number of hydrogen-bond acceptors (Lipinski definition) is 4. The first-order valence-electron chi connectivity index (χ1n) is 6.21. The summed E-state index contributed by atoms with van der Waals surface area (Å²) in [6.45, 7) is 2.47. The minimum atomic E-state index is -0.0792. The van der Waals surface area contributed by atoms with E-state index < -0.39 is 0 Å². The molecule has 2 rings (SSSR count). The fraction of sp³-hybridized carbons (Fsp3) is 0.429. The highest BCUT2D eigenvalue weighted by atomic mass is 16.5. The summed E-state index contributed by atoms with van der Waals surface area (Å²) in [7, 11) is 0. The van der Waals surface area contributed by atoms with Crippen molar-refractivity contribution >= 4 is 11.6 Å². The van der Waals surface area contributed by atoms with Crippen LogP contribution in [0.3, 0.4) is 0 Å². The summed E-state index contributed by atoms with van der Waals surface area (Å²) in [6, 6.07) is 8.85. The van der Waals surface area contributed by atoms with Gasteiger partial charge in [-0.25, -0.2) is 0 Å². The van der Waals surface area contributed by atoms with Crippen molar-refractivity contribution < 1.29 is 14.3 Å². The summed E-state index contributed by atoms with van der Waals surface area (Å²) in [4.78, 5) is 12.0. The lowest BCUT2D eigenvalue weighted by Crippen LogP contribution is -2.22. The van der Waals surface area contributed by atoms with Crippen molar-refractivity contribution in [2.24, 2.45) is 5.92 Å². The van der Waals surface area contributed by atoms with Gasteiger partial charge in [0.25, 0.3) is 0 Å². The van der Waals surface area contributed by atoms with Gasteiger partial charge in [0.05, 0.1) is 18.6 Å². The lowest BCUT2D eigenvalue weighted by Gasteiger charge is -2.10. The van der Waals surface area contributed by atoms with Crippen LogP contribution in [0.15, 0.2) is 24.3 Å². The molecular formula is C14H16N2O3. The van der Waals surface area contributed by atoms with E-state index in [0.29, 0.717) is 18.0 Å². The van der Waals surface area contributed by atoms with Gasteiger partial charge in [-0.3, -0.25) is 4.79 Å². The molecule has 0 aliphatic carbocycles. The molecule has 2 unspecified atom stereocenters. The zero-order valence-corrected chi connectivity index (χ0v) is 10.8. The van der Waals surface area contributed by atoms with E-state index in [1.807, 2.05) is 13.0 Å². The summed E-state index contributed by atoms with van der Waals surface area (Å²) in [5, 5.41) is 11.2. The number of hydrogen-bond donors (Lipinski definition) is 1. The standard InChI is InChI=1S/C14H16N2O3/c1-10-8-11(9-19-10)14(17)16-12-2-4-13(5-3-12)18-7-6-15/h2-5,10-11H,7-9H2,1H3,(H,16,17). The second-order valence-corrected chi connectivity index (χ2v) is 4.54. The number of amides is 1. The average molecular weight is 260 g/mol. The molecule has 2 atom stereocenters. The number of rotatable bonds is 4. The van der Waals surface area contributed by atoms with Crippen LogP contribution in [0.1, 0.15) is 13.3 Å². The van der Waals surface area contributed by atoms with E-state index in [1.54, 1.807) is 24.3 Å². The van der Waals surface area contributed by atoms with Crippen LogP contribution in [0.5, 0.6) is 5.75 Å². The molecule has 100 valence electrons. The van der Waals surface area contributed by atoms with E-state index in [0.717, 1.165) is 6.42 Å². The number of carbonyl (C=O) groups excluding carboxylic acids is 1. The molecule has 0 saturated carbocycles. The van der Waals surface area contributed by atoms with E-state index in [1.165, 1.54) is 0 Å². The molecule has 1 saturated heterocycles. The Morgan fingerprint density at radius 2 is 2.26 bits per heavy atom. The normalized spacial score (nSPS) is 21.7. The third-order valence-electron chi connectivity index (χ3n) is 2.99. The molecule has 19 heavy (non-hydrogen) atoms. The predicted octanol–water partition coefficient (Wildman–Crippen LogP) is 1.95. The third kappa shape index (κ3) is 3.70. The van der Waals surface area contributed by atoms with E-state index in [2.05, 4.69) is 5.32 Å². The highest BCUT2D eigenvalue weighted by molar-refractivity contribution is 5.92. The Bertz CT molecular complexity index is 478. The molecule has 1 N–H and O–H groups in total. The minimum Gasteiger partial charge on any atom is -0.479 e. The molecule has 1 amide bonds. The second-order valence-electron chi connectivity index (χ2n) is 4.54. The Morgan fingerprint density at radius 3 is 2.84 bits per heavy atom. The first-order chi connectivity index (χ1) is 9.19. The molecule has 1 fully saturated rings. The van der Waals surface area contributed by atoms with Gasteiger partial charge in [0.2, 0.25) is 5.91 Å². The lowest BCUT2D eigenvalue weighted by atomic mass is 10.1. The van der Waals surface area contributed by atoms with Crippen molar-refractivity contribution in [3.05, 3.63) is 24.3 Å². The molecule has 1 heterocycles. The van der Waals surface area contributed by atoms with Crippen LogP contribution in [0.2, 0.25) is 0 Å². The molecule has 5 nitrogen and oxygen atoms in total. The summed E-state index contributed by atoms with van der Waals surface area (Å²) in [6.07, 6.45) is 0.910. The number of ether oxygens (including phenoxy) is 2. The molecule has 1 aromatic rings. The van der Waals surface area contributed by atoms with Crippen LogP contribution in [-0.2, 0) is 9.53 Å². The largest absolute Gasteiger partial charge is 0.479 e. The zero-order chi connectivity index (χ0) is 13.7. The van der Waals surface area contributed by atoms with Crippen LogP contribution >= 0.6 is 0 Å². The van der Waals surface area contributed by atoms with Crippen molar-refractivity contribution in [3.8, 4) is 11.8 Å². The van der Waals surface area contributed by atoms with Crippen LogP contribution in [0.25, 0.3) is 0 Å². The van der Waals surface area contributed by atoms with E-state index >= 15 is 0 Å². The maximum absolute atomic E-state index is 12.0. The van der Waals surface area contributed by atoms with Crippen LogP contribution in [-0.4, -0.2) is 25.2 Å². The molecule has 1 aliphatic rings. The van der Waals surface area contributed by atoms with Crippen molar-refractivity contribution in [3.63, 3.8) is 0 Å². The summed E-state index contributed by atoms with van der Waals surface area (Å²) in [5.74, 6) is 0.511. The van der Waals surface area contributed by atoms with E-state index in [-0.39, 0.29) is 24.5 Å². The van der Waals surface area contributed by atoms with Gasteiger partial charge < -0.3 is 14.8 Å². The molecule has 5 heteroatoms. The molecule has 0 radical (unpaired) electrons. The Hall–Kier alpha value is -2.06. The Balaban J connectivity index is 1.89. The third-order valence-corrected chi connectivity index (χ3v) is 2.99. The van der Waals surface area contributed by atoms with Crippen molar-refractivity contribution in [2.75, 3.05) is 18.5 Å². The maximum atomic E-state index is 12.0. The topological polar surface area (TPSA) is 71.3 Å². The van der Waals surface area contributed by atoms with Crippen molar-refractivity contribution in [2.45, 2.75) is 19.4 Å². The molecule has 0 spiro atoms. The molecule has 1 aliphatic heterocycles. The minimum absolute atomic E-state index is 0.0169. The summed E-state index contributed by atoms with van der Waals surface area (Å²) < 4.78 is 10.5. The maximum Gasteiger partial charge on any atom is 0.229 e. The molecule has 0 aromatic heterocycles. The Kier molecular flexibility index (Phi) is 4.37. The first kappa shape index (κ1) is 13.4. The van der Waals surface area contributed by atoms with Crippen molar-refractivity contribution in [1.29, 1.82) is 5.26 Å². The zero-order valence-electron chi connectivity index (χ0n) is 10.8. The summed E-state index contributed by atoms with van der Waals surface area (Å²) in [5.41, 5.74) is 0.717. The monoisotopic (exact) mass is 260 g/mol. The van der Waals surface area contributed by atoms with E-state index in [4.69, 9.17) is 14.7 Å². The number of nitriles is 1. The Morgan fingerprint density at radius 1 is 1.53 bits per heavy atom. The molecule has 0 bridgehead atoms. The van der Waals surface area contributed by atoms with Gasteiger partial charge in [0.1, 0.15) is 11.8 Å². The van der Waals surface area contributed by atoms with Gasteiger partial charge in [-0.2, -0.15) is 5.26 Å². The fourth-order valence-electron chi connectivity index (χ4n) is 1.99. The SMILES string of the molecule is CC1CC(C(=O)Nc2ccc(OCC#N)cc2)CO1. The van der Waals surface area contributed by atoms with Gasteiger partial charge in [-0.15, -0.1) is 0 Å². The highest BCUT2D eigenvalue weighted by Crippen LogP contribution is 2.22. The van der Waals surface area contributed by atoms with Gasteiger partial charge in [-0.1, -0.05) is 0 Å². The van der Waals surface area contributed by atoms with E-state index in [9.17, 15) is 4.79 Å². The van der Waals surface area contributed by atoms with Crippen LogP contribution < -0.4 is 10.1 Å². The number of carbonyl (C=O) groups is 1. The summed E-state index contributed by atoms with van der Waals surface area (Å²) >= 11 is 0. The van der Waals surface area contributed by atoms with Gasteiger partial charge in [0.15, 0.2) is 6.61 Å². The van der Waals surface area contributed by atoms with Gasteiger partial charge >= 0.3 is 0 Å². The van der Waals surface area contributed by atoms with Gasteiger partial charge in [-0.05, 0) is 37.6 Å². The Labute approximate surface area is 112 Å². The number of benzene rings is 1. The quantitative estimate of drug-likeness (QED) is 0.898. The number of nitrogens with one attached hydrogen (secondary N) is 1. The van der Waals surface area contributed by atoms with Crippen LogP contribution in [0, 0.1) is 17.2 Å².